The van der Waals surface area contributed by atoms with Crippen LogP contribution in [0.15, 0.2) is 12.1 Å². The van der Waals surface area contributed by atoms with Gasteiger partial charge in [-0.2, -0.15) is 0 Å². The van der Waals surface area contributed by atoms with E-state index < -0.39 is 6.04 Å². The number of nitrogens with zero attached hydrogens (tertiary/aromatic N) is 1. The highest BCUT2D eigenvalue weighted by atomic mass is 32.1. The maximum absolute atomic E-state index is 11.9. The molecule has 0 aliphatic carbocycles. The van der Waals surface area contributed by atoms with Crippen LogP contribution in [0.25, 0.3) is 10.6 Å². The minimum absolute atomic E-state index is 0.107. The number of rotatable bonds is 4. The monoisotopic (exact) mass is 309 g/mol. The van der Waals surface area contributed by atoms with Crippen LogP contribution in [0.5, 0.6) is 0 Å². The molecule has 2 aromatic heterocycles. The van der Waals surface area contributed by atoms with Crippen molar-refractivity contribution in [2.45, 2.75) is 33.7 Å². The highest BCUT2D eigenvalue weighted by Crippen LogP contribution is 2.34. The largest absolute Gasteiger partial charge is 0.320 e. The first-order valence-corrected chi connectivity index (χ1v) is 8.12. The van der Waals surface area contributed by atoms with Gasteiger partial charge < -0.3 is 11.1 Å². The Morgan fingerprint density at radius 3 is 2.55 bits per heavy atom. The number of amides is 1. The van der Waals surface area contributed by atoms with Crippen molar-refractivity contribution < 1.29 is 4.79 Å². The molecule has 20 heavy (non-hydrogen) atoms. The molecular formula is C14H19N3OS2. The Labute approximate surface area is 127 Å². The summed E-state index contributed by atoms with van der Waals surface area (Å²) in [7, 11) is 0. The second-order valence-corrected chi connectivity index (χ2v) is 7.58. The van der Waals surface area contributed by atoms with E-state index >= 15 is 0 Å². The Morgan fingerprint density at radius 2 is 2.00 bits per heavy atom. The van der Waals surface area contributed by atoms with Crippen LogP contribution < -0.4 is 11.1 Å². The molecule has 0 saturated heterocycles. The van der Waals surface area contributed by atoms with Gasteiger partial charge in [0, 0.05) is 9.75 Å². The minimum atomic E-state index is -0.508. The van der Waals surface area contributed by atoms with E-state index in [1.807, 2.05) is 20.8 Å². The maximum Gasteiger partial charge on any atom is 0.243 e. The quantitative estimate of drug-likeness (QED) is 0.909. The zero-order valence-corrected chi connectivity index (χ0v) is 13.7. The number of hydrogen-bond acceptors (Lipinski definition) is 5. The van der Waals surface area contributed by atoms with Gasteiger partial charge in [0.25, 0.3) is 0 Å². The van der Waals surface area contributed by atoms with Gasteiger partial charge in [0.05, 0.1) is 16.6 Å². The molecule has 1 atom stereocenters. The predicted octanol–water partition coefficient (Wildman–Crippen LogP) is 3.41. The van der Waals surface area contributed by atoms with Gasteiger partial charge in [-0.05, 0) is 31.9 Å². The van der Waals surface area contributed by atoms with Crippen LogP contribution in [-0.4, -0.2) is 16.9 Å². The molecule has 6 heteroatoms. The van der Waals surface area contributed by atoms with E-state index in [2.05, 4.69) is 29.4 Å². The highest BCUT2D eigenvalue weighted by Gasteiger charge is 2.19. The summed E-state index contributed by atoms with van der Waals surface area (Å²) in [6.45, 7) is 7.94. The maximum atomic E-state index is 11.9. The van der Waals surface area contributed by atoms with E-state index in [1.165, 1.54) is 16.2 Å². The average Bonchev–Trinajstić information content (AvgIpc) is 2.94. The van der Waals surface area contributed by atoms with Gasteiger partial charge in [0.1, 0.15) is 0 Å². The first-order valence-electron chi connectivity index (χ1n) is 6.49. The van der Waals surface area contributed by atoms with Gasteiger partial charge in [-0.3, -0.25) is 4.79 Å². The van der Waals surface area contributed by atoms with Gasteiger partial charge in [-0.25, -0.2) is 4.98 Å². The first kappa shape index (κ1) is 15.2. The summed E-state index contributed by atoms with van der Waals surface area (Å²) in [5, 5.41) is 3.42. The second kappa shape index (κ2) is 6.03. The third-order valence-electron chi connectivity index (χ3n) is 3.02. The third-order valence-corrected chi connectivity index (χ3v) is 4.92. The van der Waals surface area contributed by atoms with Crippen LogP contribution in [0, 0.1) is 19.8 Å². The summed E-state index contributed by atoms with van der Waals surface area (Å²) in [6, 6.07) is 3.63. The number of nitrogens with one attached hydrogen (secondary N) is 1. The topological polar surface area (TPSA) is 68.0 Å². The molecule has 2 aromatic rings. The fourth-order valence-corrected chi connectivity index (χ4v) is 3.54. The van der Waals surface area contributed by atoms with Crippen LogP contribution in [0.1, 0.15) is 23.6 Å². The molecule has 1 unspecified atom stereocenters. The van der Waals surface area contributed by atoms with Crippen molar-refractivity contribution in [1.29, 1.82) is 0 Å². The Balaban J connectivity index is 2.18. The number of anilines is 1. The van der Waals surface area contributed by atoms with E-state index in [9.17, 15) is 4.79 Å². The lowest BCUT2D eigenvalue weighted by Crippen LogP contribution is -2.39. The van der Waals surface area contributed by atoms with Crippen LogP contribution in [0.3, 0.4) is 0 Å². The van der Waals surface area contributed by atoms with Gasteiger partial charge >= 0.3 is 0 Å². The number of aromatic nitrogens is 1. The minimum Gasteiger partial charge on any atom is -0.320 e. The standard InChI is InChI=1S/C14H19N3OS2/c1-7(2)11(15)13(18)17-14-16-12(9(4)20-14)10-6-5-8(3)19-10/h5-7,11H,15H2,1-4H3,(H,16,17,18). The molecule has 0 aliphatic heterocycles. The molecule has 2 heterocycles. The van der Waals surface area contributed by atoms with Gasteiger partial charge in [0.15, 0.2) is 5.13 Å². The molecule has 2 rings (SSSR count). The van der Waals surface area contributed by atoms with Crippen LogP contribution in [0.2, 0.25) is 0 Å². The van der Waals surface area contributed by atoms with Crippen molar-refractivity contribution in [2.24, 2.45) is 11.7 Å². The molecule has 0 saturated carbocycles. The number of nitrogens with two attached hydrogens (primary N) is 1. The van der Waals surface area contributed by atoms with E-state index in [4.69, 9.17) is 5.73 Å². The summed E-state index contributed by atoms with van der Waals surface area (Å²) in [4.78, 5) is 19.9. The number of aryl methyl sites for hydroxylation is 2. The molecule has 1 amide bonds. The number of carbonyl (C=O) groups is 1. The molecular weight excluding hydrogens is 290 g/mol. The fourth-order valence-electron chi connectivity index (χ4n) is 1.73. The van der Waals surface area contributed by atoms with Crippen molar-refractivity contribution in [3.8, 4) is 10.6 Å². The summed E-state index contributed by atoms with van der Waals surface area (Å²) >= 11 is 3.19. The van der Waals surface area contributed by atoms with E-state index in [0.717, 1.165) is 15.4 Å². The smallest absolute Gasteiger partial charge is 0.243 e. The first-order chi connectivity index (χ1) is 9.38. The number of thiazole rings is 1. The average molecular weight is 309 g/mol. The lowest BCUT2D eigenvalue weighted by Gasteiger charge is -2.13. The molecule has 0 bridgehead atoms. The summed E-state index contributed by atoms with van der Waals surface area (Å²) in [5.74, 6) is -0.0712. The van der Waals surface area contributed by atoms with Crippen molar-refractivity contribution in [3.05, 3.63) is 21.9 Å². The third kappa shape index (κ3) is 3.26. The molecule has 108 valence electrons. The van der Waals surface area contributed by atoms with E-state index in [0.29, 0.717) is 5.13 Å². The Hall–Kier alpha value is -1.24. The Bertz CT molecular complexity index is 616. The molecule has 0 fully saturated rings. The second-order valence-electron chi connectivity index (χ2n) is 5.09. The van der Waals surface area contributed by atoms with E-state index in [1.54, 1.807) is 11.3 Å². The lowest BCUT2D eigenvalue weighted by molar-refractivity contribution is -0.118. The number of hydrogen-bond donors (Lipinski definition) is 2. The zero-order valence-electron chi connectivity index (χ0n) is 12.1. The molecule has 4 nitrogen and oxygen atoms in total. The van der Waals surface area contributed by atoms with E-state index in [-0.39, 0.29) is 11.8 Å². The van der Waals surface area contributed by atoms with Crippen molar-refractivity contribution in [2.75, 3.05) is 5.32 Å². The molecule has 0 aliphatic rings. The van der Waals surface area contributed by atoms with Crippen LogP contribution in [0.4, 0.5) is 5.13 Å². The fraction of sp³-hybridized carbons (Fsp3) is 0.429. The lowest BCUT2D eigenvalue weighted by atomic mass is 10.1. The van der Waals surface area contributed by atoms with Crippen LogP contribution >= 0.6 is 22.7 Å². The Morgan fingerprint density at radius 1 is 1.30 bits per heavy atom. The zero-order chi connectivity index (χ0) is 14.9. The summed E-state index contributed by atoms with van der Waals surface area (Å²) < 4.78 is 0. The van der Waals surface area contributed by atoms with Crippen LogP contribution in [-0.2, 0) is 4.79 Å². The SMILES string of the molecule is Cc1ccc(-c2nc(NC(=O)C(N)C(C)C)sc2C)s1. The normalized spacial score (nSPS) is 12.7. The number of carbonyl (C=O) groups excluding carboxylic acids is 1. The van der Waals surface area contributed by atoms with Crippen molar-refractivity contribution in [1.82, 2.24) is 4.98 Å². The molecule has 3 N–H and O–H groups in total. The summed E-state index contributed by atoms with van der Waals surface area (Å²) in [6.07, 6.45) is 0. The summed E-state index contributed by atoms with van der Waals surface area (Å²) in [5.41, 5.74) is 6.78. The molecule has 0 aromatic carbocycles. The molecule has 0 spiro atoms. The van der Waals surface area contributed by atoms with Gasteiger partial charge in [-0.15, -0.1) is 22.7 Å². The molecule has 0 radical (unpaired) electrons. The Kier molecular flexibility index (Phi) is 4.57. The van der Waals surface area contributed by atoms with Gasteiger partial charge in [-0.1, -0.05) is 13.8 Å². The number of thiophene rings is 1. The predicted molar refractivity (Wildman–Crippen MR) is 86.3 cm³/mol. The van der Waals surface area contributed by atoms with Crippen molar-refractivity contribution >= 4 is 33.7 Å². The van der Waals surface area contributed by atoms with Crippen molar-refractivity contribution in [3.63, 3.8) is 0 Å². The highest BCUT2D eigenvalue weighted by molar-refractivity contribution is 7.18. The van der Waals surface area contributed by atoms with Gasteiger partial charge in [0.2, 0.25) is 5.91 Å².